The zero-order valence-electron chi connectivity index (χ0n) is 18.9. The first-order valence-electron chi connectivity index (χ1n) is 11.8. The molecule has 6 rings (SSSR count). The summed E-state index contributed by atoms with van der Waals surface area (Å²) in [6.45, 7) is 4.34. The van der Waals surface area contributed by atoms with E-state index >= 15 is 0 Å². The molecule has 4 fully saturated rings. The Labute approximate surface area is 189 Å². The number of carbonyl (C=O) groups is 1. The number of carbonyl (C=O) groups excluding carboxylic acids is 1. The Bertz CT molecular complexity index is 914. The lowest BCUT2D eigenvalue weighted by molar-refractivity contribution is -0.113. The van der Waals surface area contributed by atoms with E-state index in [1.54, 1.807) is 0 Å². The van der Waals surface area contributed by atoms with Crippen molar-refractivity contribution in [3.05, 3.63) is 35.7 Å². The molecule has 1 aromatic carbocycles. The second-order valence-electron chi connectivity index (χ2n) is 10.7. The van der Waals surface area contributed by atoms with Crippen LogP contribution in [0.1, 0.15) is 69.7 Å². The first kappa shape index (κ1) is 21.0. The van der Waals surface area contributed by atoms with Crippen LogP contribution in [0.5, 0.6) is 0 Å². The average molecular weight is 439 g/mol. The molecule has 4 aliphatic rings. The first-order chi connectivity index (χ1) is 14.9. The van der Waals surface area contributed by atoms with Gasteiger partial charge in [0.15, 0.2) is 5.16 Å². The fraction of sp³-hybridized carbons (Fsp3) is 0.640. The second kappa shape index (κ2) is 8.27. The predicted molar refractivity (Wildman–Crippen MR) is 125 cm³/mol. The molecule has 4 bridgehead atoms. The minimum absolute atomic E-state index is 0.00655. The van der Waals surface area contributed by atoms with E-state index in [1.165, 1.54) is 55.9 Å². The van der Waals surface area contributed by atoms with Crippen LogP contribution >= 0.6 is 11.8 Å². The lowest BCUT2D eigenvalue weighted by atomic mass is 9.49. The Hall–Kier alpha value is -1.82. The third-order valence-corrected chi connectivity index (χ3v) is 8.84. The Balaban J connectivity index is 1.17. The number of nitrogens with zero attached hydrogens (tertiary/aromatic N) is 3. The summed E-state index contributed by atoms with van der Waals surface area (Å²) in [7, 11) is 2.06. The summed E-state index contributed by atoms with van der Waals surface area (Å²) in [5, 5.41) is 12.8. The van der Waals surface area contributed by atoms with E-state index < -0.39 is 0 Å². The molecule has 31 heavy (non-hydrogen) atoms. The number of amides is 1. The van der Waals surface area contributed by atoms with Crippen LogP contribution < -0.4 is 5.32 Å². The number of hydrogen-bond donors (Lipinski definition) is 1. The van der Waals surface area contributed by atoms with Crippen LogP contribution in [-0.4, -0.2) is 26.4 Å². The van der Waals surface area contributed by atoms with Gasteiger partial charge in [-0.05, 0) is 85.3 Å². The van der Waals surface area contributed by atoms with Crippen molar-refractivity contribution in [1.29, 1.82) is 0 Å². The second-order valence-corrected chi connectivity index (χ2v) is 11.6. The molecule has 1 heterocycles. The normalized spacial score (nSPS) is 29.0. The zero-order valence-corrected chi connectivity index (χ0v) is 19.8. The van der Waals surface area contributed by atoms with Crippen molar-refractivity contribution >= 4 is 23.4 Å². The minimum atomic E-state index is -0.00655. The highest BCUT2D eigenvalue weighted by molar-refractivity contribution is 7.99. The van der Waals surface area contributed by atoms with Gasteiger partial charge in [0.05, 0.1) is 5.75 Å². The molecule has 4 aliphatic carbocycles. The monoisotopic (exact) mass is 438 g/mol. The van der Waals surface area contributed by atoms with Crippen molar-refractivity contribution in [1.82, 2.24) is 14.8 Å². The highest BCUT2D eigenvalue weighted by Crippen LogP contribution is 2.60. The van der Waals surface area contributed by atoms with Crippen molar-refractivity contribution in [2.75, 3.05) is 11.1 Å². The summed E-state index contributed by atoms with van der Waals surface area (Å²) in [4.78, 5) is 12.4. The van der Waals surface area contributed by atoms with Gasteiger partial charge in [-0.25, -0.2) is 0 Å². The average Bonchev–Trinajstić information content (AvgIpc) is 3.04. The predicted octanol–water partition coefficient (Wildman–Crippen LogP) is 5.43. The fourth-order valence-corrected chi connectivity index (χ4v) is 7.48. The Kier molecular flexibility index (Phi) is 5.61. The van der Waals surface area contributed by atoms with E-state index in [4.69, 9.17) is 0 Å². The number of nitrogens with one attached hydrogen (secondary N) is 1. The van der Waals surface area contributed by atoms with Crippen molar-refractivity contribution in [3.63, 3.8) is 0 Å². The fourth-order valence-electron chi connectivity index (χ4n) is 6.75. The number of rotatable bonds is 7. The molecule has 2 aromatic rings. The highest BCUT2D eigenvalue weighted by atomic mass is 32.2. The van der Waals surface area contributed by atoms with Gasteiger partial charge >= 0.3 is 0 Å². The van der Waals surface area contributed by atoms with Crippen molar-refractivity contribution < 1.29 is 4.79 Å². The maximum atomic E-state index is 12.4. The SMILES string of the molecule is CC(C)c1ccc(NC(=O)CSc2nnc(CC34CC5CC(CC(C5)C3)C4)n2C)cc1. The molecule has 0 saturated heterocycles. The largest absolute Gasteiger partial charge is 0.325 e. The van der Waals surface area contributed by atoms with E-state index in [2.05, 4.69) is 53.1 Å². The van der Waals surface area contributed by atoms with Gasteiger partial charge in [0.25, 0.3) is 0 Å². The van der Waals surface area contributed by atoms with E-state index in [-0.39, 0.29) is 5.91 Å². The quantitative estimate of drug-likeness (QED) is 0.586. The van der Waals surface area contributed by atoms with Crippen LogP contribution in [0, 0.1) is 23.2 Å². The van der Waals surface area contributed by atoms with E-state index in [0.29, 0.717) is 17.1 Å². The van der Waals surface area contributed by atoms with E-state index in [0.717, 1.165) is 40.8 Å². The van der Waals surface area contributed by atoms with Crippen LogP contribution in [-0.2, 0) is 18.3 Å². The van der Waals surface area contributed by atoms with Gasteiger partial charge in [-0.15, -0.1) is 10.2 Å². The van der Waals surface area contributed by atoms with Crippen molar-refractivity contribution in [3.8, 4) is 0 Å². The van der Waals surface area contributed by atoms with E-state index in [9.17, 15) is 4.79 Å². The maximum Gasteiger partial charge on any atom is 0.234 e. The Morgan fingerprint density at radius 1 is 1.10 bits per heavy atom. The summed E-state index contributed by atoms with van der Waals surface area (Å²) >= 11 is 1.47. The van der Waals surface area contributed by atoms with Crippen LogP contribution in [0.4, 0.5) is 5.69 Å². The number of benzene rings is 1. The molecule has 6 heteroatoms. The molecule has 166 valence electrons. The lowest BCUT2D eigenvalue weighted by Crippen LogP contribution is -2.47. The molecule has 0 unspecified atom stereocenters. The standard InChI is InChI=1S/C25H34N4OS/c1-16(2)20-4-6-21(7-5-20)26-23(30)15-31-24-28-27-22(29(24)3)14-25-11-17-8-18(12-25)10-19(9-17)13-25/h4-7,16-19H,8-15H2,1-3H3,(H,26,30). The number of aromatic nitrogens is 3. The topological polar surface area (TPSA) is 59.8 Å². The molecule has 1 amide bonds. The summed E-state index contributed by atoms with van der Waals surface area (Å²) in [6, 6.07) is 8.10. The highest BCUT2D eigenvalue weighted by Gasteiger charge is 2.51. The number of hydrogen-bond acceptors (Lipinski definition) is 4. The van der Waals surface area contributed by atoms with Gasteiger partial charge in [-0.1, -0.05) is 37.7 Å². The smallest absolute Gasteiger partial charge is 0.234 e. The van der Waals surface area contributed by atoms with Crippen molar-refractivity contribution in [2.45, 2.75) is 69.9 Å². The lowest BCUT2D eigenvalue weighted by Gasteiger charge is -2.56. The molecule has 0 spiro atoms. The van der Waals surface area contributed by atoms with Gasteiger partial charge in [0, 0.05) is 19.2 Å². The summed E-state index contributed by atoms with van der Waals surface area (Å²) in [6.07, 6.45) is 9.59. The maximum absolute atomic E-state index is 12.4. The number of anilines is 1. The van der Waals surface area contributed by atoms with Crippen LogP contribution in [0.15, 0.2) is 29.4 Å². The molecular formula is C25H34N4OS. The van der Waals surface area contributed by atoms with Gasteiger partial charge in [-0.3, -0.25) is 4.79 Å². The summed E-state index contributed by atoms with van der Waals surface area (Å²) in [5.74, 6) is 4.77. The summed E-state index contributed by atoms with van der Waals surface area (Å²) < 4.78 is 2.12. The molecule has 1 aromatic heterocycles. The van der Waals surface area contributed by atoms with Crippen LogP contribution in [0.3, 0.4) is 0 Å². The van der Waals surface area contributed by atoms with Gasteiger partial charge in [-0.2, -0.15) is 0 Å². The molecule has 4 saturated carbocycles. The van der Waals surface area contributed by atoms with Gasteiger partial charge < -0.3 is 9.88 Å². The van der Waals surface area contributed by atoms with Crippen LogP contribution in [0.25, 0.3) is 0 Å². The van der Waals surface area contributed by atoms with Gasteiger partial charge in [0.1, 0.15) is 5.82 Å². The molecule has 0 aliphatic heterocycles. The van der Waals surface area contributed by atoms with Crippen LogP contribution in [0.2, 0.25) is 0 Å². The number of thioether (sulfide) groups is 1. The summed E-state index contributed by atoms with van der Waals surface area (Å²) in [5.41, 5.74) is 2.57. The third kappa shape index (κ3) is 4.41. The molecular weight excluding hydrogens is 404 g/mol. The zero-order chi connectivity index (χ0) is 21.6. The Morgan fingerprint density at radius 3 is 2.29 bits per heavy atom. The molecule has 0 atom stereocenters. The van der Waals surface area contributed by atoms with Crippen molar-refractivity contribution in [2.24, 2.45) is 30.2 Å². The van der Waals surface area contributed by atoms with Gasteiger partial charge in [0.2, 0.25) is 5.91 Å². The van der Waals surface area contributed by atoms with E-state index in [1.807, 2.05) is 12.1 Å². The third-order valence-electron chi connectivity index (χ3n) is 7.82. The minimum Gasteiger partial charge on any atom is -0.325 e. The molecule has 5 nitrogen and oxygen atoms in total. The first-order valence-corrected chi connectivity index (χ1v) is 12.8. The Morgan fingerprint density at radius 2 is 1.71 bits per heavy atom. The molecule has 1 N–H and O–H groups in total. The molecule has 0 radical (unpaired) electrons.